The number of hydrogen-bond acceptors (Lipinski definition) is 4. The van der Waals surface area contributed by atoms with Gasteiger partial charge in [-0.25, -0.2) is 0 Å². The highest BCUT2D eigenvalue weighted by Gasteiger charge is 2.17. The average molecular weight is 368 g/mol. The molecular weight excluding hydrogens is 343 g/mol. The minimum Gasteiger partial charge on any atom is -0.508 e. The number of aliphatic hydroxyl groups is 1. The van der Waals surface area contributed by atoms with Gasteiger partial charge < -0.3 is 24.4 Å². The predicted molar refractivity (Wildman–Crippen MR) is 95.8 cm³/mol. The van der Waals surface area contributed by atoms with Crippen molar-refractivity contribution >= 4 is 7.60 Å². The van der Waals surface area contributed by atoms with Crippen molar-refractivity contribution in [2.24, 2.45) is 0 Å². The van der Waals surface area contributed by atoms with Gasteiger partial charge in [-0.3, -0.25) is 4.57 Å². The third-order valence-corrected chi connectivity index (χ3v) is 4.54. The number of hydrogen-bond donors (Lipinski definition) is 3. The van der Waals surface area contributed by atoms with E-state index in [1.807, 2.05) is 26.8 Å². The van der Waals surface area contributed by atoms with Crippen LogP contribution in [-0.4, -0.2) is 27.8 Å². The molecule has 0 amide bonds. The zero-order chi connectivity index (χ0) is 18.6. The quantitative estimate of drug-likeness (QED) is 0.632. The molecule has 25 heavy (non-hydrogen) atoms. The van der Waals surface area contributed by atoms with E-state index in [1.165, 1.54) is 5.57 Å². The zero-order valence-corrected chi connectivity index (χ0v) is 15.7. The molecule has 1 aliphatic carbocycles. The van der Waals surface area contributed by atoms with Crippen LogP contribution < -0.4 is 4.74 Å². The molecule has 0 saturated heterocycles. The molecule has 0 unspecified atom stereocenters. The Morgan fingerprint density at radius 2 is 1.76 bits per heavy atom. The minimum absolute atomic E-state index is 0.292. The van der Waals surface area contributed by atoms with Crippen molar-refractivity contribution < 1.29 is 28.9 Å². The molecule has 0 aliphatic heterocycles. The molecule has 6 nitrogen and oxygen atoms in total. The second kappa shape index (κ2) is 8.09. The summed E-state index contributed by atoms with van der Waals surface area (Å²) in [6.07, 6.45) is 3.36. The van der Waals surface area contributed by atoms with Gasteiger partial charge in [0.15, 0.2) is 12.1 Å². The van der Waals surface area contributed by atoms with E-state index in [9.17, 15) is 9.67 Å². The van der Waals surface area contributed by atoms with Gasteiger partial charge in [0.2, 0.25) is 0 Å². The van der Waals surface area contributed by atoms with Crippen LogP contribution in [0.4, 0.5) is 0 Å². The Labute approximate surface area is 147 Å². The van der Waals surface area contributed by atoms with Crippen molar-refractivity contribution in [2.45, 2.75) is 40.0 Å². The fourth-order valence-corrected chi connectivity index (χ4v) is 3.18. The lowest BCUT2D eigenvalue weighted by molar-refractivity contribution is 0.210. The number of aryl methyl sites for hydroxylation is 2. The van der Waals surface area contributed by atoms with Gasteiger partial charge in [-0.1, -0.05) is 5.57 Å². The SMILES string of the molecule is CCOC1=C(O)CCC(Cc2c(C)cc(OCP(=O)(O)O)cc2C)=C1. The van der Waals surface area contributed by atoms with Gasteiger partial charge in [0, 0.05) is 6.42 Å². The van der Waals surface area contributed by atoms with Crippen LogP contribution >= 0.6 is 7.60 Å². The highest BCUT2D eigenvalue weighted by atomic mass is 31.2. The first-order chi connectivity index (χ1) is 11.7. The molecule has 0 atom stereocenters. The Morgan fingerprint density at radius 3 is 2.32 bits per heavy atom. The molecule has 1 aliphatic rings. The van der Waals surface area contributed by atoms with Crippen LogP contribution in [0.1, 0.15) is 36.5 Å². The molecule has 0 heterocycles. The van der Waals surface area contributed by atoms with Gasteiger partial charge in [-0.15, -0.1) is 0 Å². The highest BCUT2D eigenvalue weighted by Crippen LogP contribution is 2.35. The van der Waals surface area contributed by atoms with Crippen molar-refractivity contribution in [1.29, 1.82) is 0 Å². The summed E-state index contributed by atoms with van der Waals surface area (Å²) in [7, 11) is -4.20. The number of benzene rings is 1. The molecule has 0 saturated carbocycles. The van der Waals surface area contributed by atoms with Crippen molar-refractivity contribution in [2.75, 3.05) is 13.0 Å². The second-order valence-corrected chi connectivity index (χ2v) is 7.78. The van der Waals surface area contributed by atoms with E-state index < -0.39 is 13.9 Å². The van der Waals surface area contributed by atoms with Gasteiger partial charge >= 0.3 is 7.60 Å². The standard InChI is InChI=1S/C18H25O6P/c1-4-23-18-10-14(5-6-17(18)19)9-16-12(2)7-15(8-13(16)3)24-11-25(20,21)22/h7-8,10,19H,4-6,9,11H2,1-3H3,(H2,20,21,22). The van der Waals surface area contributed by atoms with Crippen LogP contribution in [0.2, 0.25) is 0 Å². The maximum atomic E-state index is 10.9. The lowest BCUT2D eigenvalue weighted by Crippen LogP contribution is -2.06. The lowest BCUT2D eigenvalue weighted by Gasteiger charge is -2.19. The molecule has 0 aromatic heterocycles. The zero-order valence-electron chi connectivity index (χ0n) is 14.8. The third kappa shape index (κ3) is 5.63. The molecule has 7 heteroatoms. The van der Waals surface area contributed by atoms with Crippen LogP contribution in [0.15, 0.2) is 35.3 Å². The van der Waals surface area contributed by atoms with Crippen molar-refractivity contribution in [3.05, 3.63) is 52.0 Å². The Morgan fingerprint density at radius 1 is 1.12 bits per heavy atom. The maximum Gasteiger partial charge on any atom is 0.362 e. The van der Waals surface area contributed by atoms with Crippen molar-refractivity contribution in [3.63, 3.8) is 0 Å². The second-order valence-electron chi connectivity index (χ2n) is 6.20. The molecule has 0 bridgehead atoms. The minimum atomic E-state index is -4.20. The topological polar surface area (TPSA) is 96.2 Å². The van der Waals surface area contributed by atoms with Crippen molar-refractivity contribution in [3.8, 4) is 5.75 Å². The van der Waals surface area contributed by atoms with Crippen LogP contribution in [0.5, 0.6) is 5.75 Å². The first kappa shape index (κ1) is 19.6. The lowest BCUT2D eigenvalue weighted by atomic mass is 9.91. The fraction of sp³-hybridized carbons (Fsp3) is 0.444. The number of ether oxygens (including phenoxy) is 2. The molecule has 0 radical (unpaired) electrons. The smallest absolute Gasteiger partial charge is 0.362 e. The van der Waals surface area contributed by atoms with Crippen LogP contribution in [-0.2, 0) is 15.7 Å². The van der Waals surface area contributed by atoms with Crippen LogP contribution in [0, 0.1) is 13.8 Å². The molecule has 2 rings (SSSR count). The molecule has 1 aromatic rings. The monoisotopic (exact) mass is 368 g/mol. The van der Waals surface area contributed by atoms with Gasteiger partial charge in [0.25, 0.3) is 0 Å². The summed E-state index contributed by atoms with van der Waals surface area (Å²) in [6, 6.07) is 3.58. The largest absolute Gasteiger partial charge is 0.508 e. The van der Waals surface area contributed by atoms with Gasteiger partial charge in [-0.05, 0) is 68.5 Å². The van der Waals surface area contributed by atoms with E-state index in [0.717, 1.165) is 29.5 Å². The predicted octanol–water partition coefficient (Wildman–Crippen LogP) is 3.89. The maximum absolute atomic E-state index is 10.9. The molecule has 138 valence electrons. The molecule has 0 spiro atoms. The first-order valence-electron chi connectivity index (χ1n) is 8.21. The van der Waals surface area contributed by atoms with E-state index in [2.05, 4.69) is 0 Å². The summed E-state index contributed by atoms with van der Waals surface area (Å²) >= 11 is 0. The van der Waals surface area contributed by atoms with Crippen LogP contribution in [0.25, 0.3) is 0 Å². The third-order valence-electron chi connectivity index (χ3n) is 4.08. The normalized spacial score (nSPS) is 15.2. The summed E-state index contributed by atoms with van der Waals surface area (Å²) < 4.78 is 21.6. The summed E-state index contributed by atoms with van der Waals surface area (Å²) in [5.74, 6) is 1.29. The summed E-state index contributed by atoms with van der Waals surface area (Å²) in [6.45, 7) is 6.29. The Bertz CT molecular complexity index is 721. The average Bonchev–Trinajstić information content (AvgIpc) is 2.51. The van der Waals surface area contributed by atoms with E-state index in [0.29, 0.717) is 30.3 Å². The fourth-order valence-electron chi connectivity index (χ4n) is 2.86. The molecule has 1 aromatic carbocycles. The van der Waals surface area contributed by atoms with Gasteiger partial charge in [0.1, 0.15) is 11.5 Å². The van der Waals surface area contributed by atoms with Gasteiger partial charge in [-0.2, -0.15) is 0 Å². The van der Waals surface area contributed by atoms with E-state index in [1.54, 1.807) is 12.1 Å². The number of aliphatic hydroxyl groups excluding tert-OH is 1. The van der Waals surface area contributed by atoms with E-state index in [-0.39, 0.29) is 0 Å². The Hall–Kier alpha value is -1.75. The van der Waals surface area contributed by atoms with E-state index >= 15 is 0 Å². The molecular formula is C18H25O6P. The number of allylic oxidation sites excluding steroid dienone is 3. The van der Waals surface area contributed by atoms with E-state index in [4.69, 9.17) is 19.3 Å². The molecule has 3 N–H and O–H groups in total. The Balaban J connectivity index is 2.18. The Kier molecular flexibility index (Phi) is 6.33. The summed E-state index contributed by atoms with van der Waals surface area (Å²) in [5.41, 5.74) is 4.32. The summed E-state index contributed by atoms with van der Waals surface area (Å²) in [4.78, 5) is 17.8. The van der Waals surface area contributed by atoms with Crippen molar-refractivity contribution in [1.82, 2.24) is 0 Å². The first-order valence-corrected chi connectivity index (χ1v) is 10.0. The number of rotatable bonds is 7. The highest BCUT2D eigenvalue weighted by molar-refractivity contribution is 7.51. The van der Waals surface area contributed by atoms with Gasteiger partial charge in [0.05, 0.1) is 6.61 Å². The van der Waals surface area contributed by atoms with Crippen LogP contribution in [0.3, 0.4) is 0 Å². The molecule has 0 fully saturated rings. The summed E-state index contributed by atoms with van der Waals surface area (Å²) in [5, 5.41) is 9.88.